The first-order chi connectivity index (χ1) is 12.0. The largest absolute Gasteiger partial charge is 0.305 e. The molecular formula is C16H18N6OS2. The number of carbonyl (C=O) groups is 1. The average molecular weight is 374 g/mol. The van der Waals surface area contributed by atoms with Gasteiger partial charge in [-0.1, -0.05) is 11.8 Å². The van der Waals surface area contributed by atoms with Gasteiger partial charge in [0.05, 0.1) is 10.9 Å². The molecule has 25 heavy (non-hydrogen) atoms. The molecule has 1 N–H and O–H groups in total. The number of anilines is 1. The minimum absolute atomic E-state index is 0.104. The fourth-order valence-electron chi connectivity index (χ4n) is 2.11. The van der Waals surface area contributed by atoms with Gasteiger partial charge in [0.1, 0.15) is 0 Å². The number of pyridine rings is 1. The average Bonchev–Trinajstić information content (AvgIpc) is 3.11. The number of rotatable bonds is 5. The standard InChI is InChI=1S/C16H18N6OS2/c1-9-10(2)24-15(18-9)19-14(23)11(3)25-16-21-20-13(22(16)4)12-5-7-17-8-6-12/h5-8,11H,1-4H3,(H,18,19,23)/t11-/m0/s1. The smallest absolute Gasteiger partial charge is 0.239 e. The van der Waals surface area contributed by atoms with Gasteiger partial charge in [-0.25, -0.2) is 4.98 Å². The van der Waals surface area contributed by atoms with Crippen molar-refractivity contribution in [2.24, 2.45) is 7.05 Å². The normalized spacial score (nSPS) is 12.2. The van der Waals surface area contributed by atoms with Crippen LogP contribution in [0.1, 0.15) is 17.5 Å². The zero-order chi connectivity index (χ0) is 18.0. The van der Waals surface area contributed by atoms with Crippen LogP contribution >= 0.6 is 23.1 Å². The van der Waals surface area contributed by atoms with E-state index >= 15 is 0 Å². The third-order valence-corrected chi connectivity index (χ3v) is 5.81. The van der Waals surface area contributed by atoms with Crippen molar-refractivity contribution in [3.8, 4) is 11.4 Å². The second-order valence-corrected chi connectivity index (χ2v) is 8.02. The third kappa shape index (κ3) is 3.88. The Balaban J connectivity index is 1.69. The Kier molecular flexibility index (Phi) is 5.14. The second kappa shape index (κ2) is 7.32. The van der Waals surface area contributed by atoms with Crippen molar-refractivity contribution < 1.29 is 4.79 Å². The number of thioether (sulfide) groups is 1. The lowest BCUT2D eigenvalue weighted by Gasteiger charge is -2.10. The molecule has 0 aromatic carbocycles. The highest BCUT2D eigenvalue weighted by Gasteiger charge is 2.20. The topological polar surface area (TPSA) is 85.6 Å². The van der Waals surface area contributed by atoms with Crippen LogP contribution in [0.5, 0.6) is 0 Å². The van der Waals surface area contributed by atoms with Crippen LogP contribution in [0.4, 0.5) is 5.13 Å². The van der Waals surface area contributed by atoms with Crippen LogP contribution in [0.15, 0.2) is 29.7 Å². The number of aryl methyl sites for hydroxylation is 2. The number of carbonyl (C=O) groups excluding carboxylic acids is 1. The van der Waals surface area contributed by atoms with Crippen molar-refractivity contribution in [2.45, 2.75) is 31.2 Å². The molecule has 3 aromatic heterocycles. The molecule has 0 saturated carbocycles. The molecule has 0 aliphatic carbocycles. The van der Waals surface area contributed by atoms with Gasteiger partial charge in [-0.2, -0.15) is 0 Å². The first kappa shape index (κ1) is 17.6. The van der Waals surface area contributed by atoms with E-state index in [1.54, 1.807) is 12.4 Å². The Morgan fingerprint density at radius 3 is 2.64 bits per heavy atom. The Bertz CT molecular complexity index is 870. The van der Waals surface area contributed by atoms with Crippen molar-refractivity contribution in [3.05, 3.63) is 35.1 Å². The molecule has 3 rings (SSSR count). The number of nitrogens with zero attached hydrogens (tertiary/aromatic N) is 5. The van der Waals surface area contributed by atoms with Crippen LogP contribution in [0.25, 0.3) is 11.4 Å². The van der Waals surface area contributed by atoms with E-state index in [2.05, 4.69) is 25.5 Å². The highest BCUT2D eigenvalue weighted by molar-refractivity contribution is 8.00. The molecule has 0 fully saturated rings. The Morgan fingerprint density at radius 1 is 1.28 bits per heavy atom. The third-order valence-electron chi connectivity index (χ3n) is 3.68. The molecule has 0 saturated heterocycles. The van der Waals surface area contributed by atoms with Gasteiger partial charge >= 0.3 is 0 Å². The van der Waals surface area contributed by atoms with Crippen LogP contribution in [0, 0.1) is 13.8 Å². The Labute approximate surface area is 153 Å². The van der Waals surface area contributed by atoms with Crippen molar-refractivity contribution >= 4 is 34.1 Å². The molecule has 0 unspecified atom stereocenters. The number of aromatic nitrogens is 5. The van der Waals surface area contributed by atoms with E-state index < -0.39 is 0 Å². The minimum atomic E-state index is -0.322. The molecule has 1 amide bonds. The number of hydrogen-bond donors (Lipinski definition) is 1. The van der Waals surface area contributed by atoms with Gasteiger partial charge in [-0.3, -0.25) is 9.78 Å². The summed E-state index contributed by atoms with van der Waals surface area (Å²) in [6.07, 6.45) is 3.43. The SMILES string of the molecule is Cc1nc(NC(=O)[C@H](C)Sc2nnc(-c3ccncc3)n2C)sc1C. The molecule has 0 bridgehead atoms. The molecule has 130 valence electrons. The highest BCUT2D eigenvalue weighted by Crippen LogP contribution is 2.27. The van der Waals surface area contributed by atoms with E-state index in [1.165, 1.54) is 23.1 Å². The van der Waals surface area contributed by atoms with Crippen LogP contribution in [0.2, 0.25) is 0 Å². The summed E-state index contributed by atoms with van der Waals surface area (Å²) < 4.78 is 1.88. The number of thiazole rings is 1. The van der Waals surface area contributed by atoms with Crippen LogP contribution in [0.3, 0.4) is 0 Å². The molecule has 1 atom stereocenters. The molecule has 0 radical (unpaired) electrons. The van der Waals surface area contributed by atoms with Gasteiger partial charge in [0.15, 0.2) is 16.1 Å². The monoisotopic (exact) mass is 374 g/mol. The summed E-state index contributed by atoms with van der Waals surface area (Å²) in [5.74, 6) is 0.635. The summed E-state index contributed by atoms with van der Waals surface area (Å²) >= 11 is 2.84. The van der Waals surface area contributed by atoms with Crippen molar-refractivity contribution in [2.75, 3.05) is 5.32 Å². The van der Waals surface area contributed by atoms with Gasteiger partial charge in [0, 0.05) is 29.9 Å². The number of nitrogens with one attached hydrogen (secondary N) is 1. The van der Waals surface area contributed by atoms with Crippen molar-refractivity contribution in [1.82, 2.24) is 24.7 Å². The molecule has 0 spiro atoms. The van der Waals surface area contributed by atoms with E-state index in [4.69, 9.17) is 0 Å². The van der Waals surface area contributed by atoms with Crippen LogP contribution in [-0.4, -0.2) is 35.9 Å². The van der Waals surface area contributed by atoms with E-state index in [1.807, 2.05) is 44.5 Å². The minimum Gasteiger partial charge on any atom is -0.305 e. The maximum Gasteiger partial charge on any atom is 0.239 e. The first-order valence-electron chi connectivity index (χ1n) is 7.67. The molecule has 7 nitrogen and oxygen atoms in total. The molecular weight excluding hydrogens is 356 g/mol. The molecule has 0 aliphatic heterocycles. The van der Waals surface area contributed by atoms with E-state index in [9.17, 15) is 4.79 Å². The quantitative estimate of drug-likeness (QED) is 0.691. The molecule has 0 aliphatic rings. The first-order valence-corrected chi connectivity index (χ1v) is 9.36. The van der Waals surface area contributed by atoms with E-state index in [0.29, 0.717) is 10.3 Å². The summed E-state index contributed by atoms with van der Waals surface area (Å²) in [6, 6.07) is 3.75. The summed E-state index contributed by atoms with van der Waals surface area (Å²) in [6.45, 7) is 5.76. The van der Waals surface area contributed by atoms with Gasteiger partial charge in [-0.05, 0) is 32.9 Å². The number of hydrogen-bond acceptors (Lipinski definition) is 7. The number of amides is 1. The van der Waals surface area contributed by atoms with Crippen LogP contribution in [-0.2, 0) is 11.8 Å². The molecule has 3 aromatic rings. The van der Waals surface area contributed by atoms with Gasteiger partial charge in [0.2, 0.25) is 5.91 Å². The molecule has 9 heteroatoms. The summed E-state index contributed by atoms with van der Waals surface area (Å²) in [4.78, 5) is 21.8. The fraction of sp³-hybridized carbons (Fsp3) is 0.312. The van der Waals surface area contributed by atoms with Crippen molar-refractivity contribution in [3.63, 3.8) is 0 Å². The maximum absolute atomic E-state index is 12.4. The lowest BCUT2D eigenvalue weighted by Crippen LogP contribution is -2.22. The van der Waals surface area contributed by atoms with E-state index in [0.717, 1.165) is 22.0 Å². The van der Waals surface area contributed by atoms with Gasteiger partial charge < -0.3 is 9.88 Å². The zero-order valence-electron chi connectivity index (χ0n) is 14.3. The predicted octanol–water partition coefficient (Wildman–Crippen LogP) is 3.07. The Morgan fingerprint density at radius 2 is 2.00 bits per heavy atom. The summed E-state index contributed by atoms with van der Waals surface area (Å²) in [5, 5.41) is 12.3. The predicted molar refractivity (Wildman–Crippen MR) is 99.8 cm³/mol. The van der Waals surface area contributed by atoms with Gasteiger partial charge in [0.25, 0.3) is 0 Å². The molecule has 3 heterocycles. The van der Waals surface area contributed by atoms with E-state index in [-0.39, 0.29) is 11.2 Å². The highest BCUT2D eigenvalue weighted by atomic mass is 32.2. The summed E-state index contributed by atoms with van der Waals surface area (Å²) in [5.41, 5.74) is 1.87. The lowest BCUT2D eigenvalue weighted by atomic mass is 10.2. The lowest BCUT2D eigenvalue weighted by molar-refractivity contribution is -0.115. The zero-order valence-corrected chi connectivity index (χ0v) is 16.0. The fourth-order valence-corrected chi connectivity index (χ4v) is 3.75. The Hall–Kier alpha value is -2.26. The van der Waals surface area contributed by atoms with Crippen LogP contribution < -0.4 is 5.32 Å². The maximum atomic E-state index is 12.4. The van der Waals surface area contributed by atoms with Gasteiger partial charge in [-0.15, -0.1) is 21.5 Å². The second-order valence-electron chi connectivity index (χ2n) is 5.51. The summed E-state index contributed by atoms with van der Waals surface area (Å²) in [7, 11) is 1.89. The van der Waals surface area contributed by atoms with Crippen molar-refractivity contribution in [1.29, 1.82) is 0 Å².